The Labute approximate surface area is 108 Å². The number of carbonyl (C=O) groups is 1. The fraction of sp³-hybridized carbons (Fsp3) is 0.300. The lowest BCUT2D eigenvalue weighted by atomic mass is 10.3. The molecule has 2 rings (SSSR count). The quantitative estimate of drug-likeness (QED) is 0.462. The van der Waals surface area contributed by atoms with Gasteiger partial charge in [0.05, 0.1) is 5.56 Å². The molecule has 0 aliphatic carbocycles. The first kappa shape index (κ1) is 12.4. The van der Waals surface area contributed by atoms with Crippen molar-refractivity contribution < 1.29 is 4.79 Å². The minimum absolute atomic E-state index is 0.151. The van der Waals surface area contributed by atoms with Crippen LogP contribution in [0.3, 0.4) is 0 Å². The van der Waals surface area contributed by atoms with Gasteiger partial charge < -0.3 is 5.32 Å². The molecule has 0 radical (unpaired) electrons. The van der Waals surface area contributed by atoms with E-state index in [1.165, 1.54) is 12.7 Å². The number of nitrogens with zero attached hydrogens (tertiary/aromatic N) is 4. The van der Waals surface area contributed by atoms with Gasteiger partial charge in [0, 0.05) is 13.0 Å². The number of aromatic amines is 1. The molecule has 7 nitrogen and oxygen atoms in total. The SMILES string of the molecule is O=Cc1c(Cl)ncnc1NCCCc1ncn[nH]1. The number of aryl methyl sites for hydroxylation is 1. The molecular weight excluding hydrogens is 256 g/mol. The van der Waals surface area contributed by atoms with E-state index < -0.39 is 0 Å². The minimum Gasteiger partial charge on any atom is -0.369 e. The third-order valence-corrected chi connectivity index (χ3v) is 2.60. The van der Waals surface area contributed by atoms with Crippen LogP contribution < -0.4 is 5.32 Å². The summed E-state index contributed by atoms with van der Waals surface area (Å²) in [7, 11) is 0. The average molecular weight is 267 g/mol. The molecule has 0 bridgehead atoms. The summed E-state index contributed by atoms with van der Waals surface area (Å²) < 4.78 is 0. The Morgan fingerprint density at radius 2 is 2.22 bits per heavy atom. The summed E-state index contributed by atoms with van der Waals surface area (Å²) in [6, 6.07) is 0. The van der Waals surface area contributed by atoms with Crippen LogP contribution in [0.4, 0.5) is 5.82 Å². The molecule has 94 valence electrons. The van der Waals surface area contributed by atoms with Gasteiger partial charge in [-0.25, -0.2) is 15.0 Å². The van der Waals surface area contributed by atoms with Crippen molar-refractivity contribution in [1.29, 1.82) is 0 Å². The number of nitrogens with one attached hydrogen (secondary N) is 2. The van der Waals surface area contributed by atoms with Crippen molar-refractivity contribution in [2.24, 2.45) is 0 Å². The van der Waals surface area contributed by atoms with E-state index in [2.05, 4.69) is 30.5 Å². The number of hydrogen-bond donors (Lipinski definition) is 2. The predicted molar refractivity (Wildman–Crippen MR) is 65.6 cm³/mol. The largest absolute Gasteiger partial charge is 0.369 e. The van der Waals surface area contributed by atoms with Crippen molar-refractivity contribution in [3.63, 3.8) is 0 Å². The van der Waals surface area contributed by atoms with E-state index in [4.69, 9.17) is 11.6 Å². The number of aldehydes is 1. The van der Waals surface area contributed by atoms with Crippen LogP contribution in [0, 0.1) is 0 Å². The van der Waals surface area contributed by atoms with Crippen LogP contribution in [0.5, 0.6) is 0 Å². The highest BCUT2D eigenvalue weighted by atomic mass is 35.5. The summed E-state index contributed by atoms with van der Waals surface area (Å²) in [5.41, 5.74) is 0.277. The normalized spacial score (nSPS) is 10.3. The van der Waals surface area contributed by atoms with Gasteiger partial charge >= 0.3 is 0 Å². The van der Waals surface area contributed by atoms with E-state index in [0.717, 1.165) is 18.7 Å². The Bertz CT molecular complexity index is 515. The number of hydrogen-bond acceptors (Lipinski definition) is 6. The van der Waals surface area contributed by atoms with Crippen LogP contribution in [0.15, 0.2) is 12.7 Å². The molecule has 0 atom stereocenters. The summed E-state index contributed by atoms with van der Waals surface area (Å²) in [4.78, 5) is 22.6. The first-order chi connectivity index (χ1) is 8.81. The van der Waals surface area contributed by atoms with Gasteiger partial charge in [-0.3, -0.25) is 9.89 Å². The maximum atomic E-state index is 10.8. The molecule has 8 heteroatoms. The molecule has 0 amide bonds. The molecule has 0 spiro atoms. The summed E-state index contributed by atoms with van der Waals surface area (Å²) in [6.07, 6.45) is 5.02. The number of H-pyrrole nitrogens is 1. The van der Waals surface area contributed by atoms with E-state index in [1.807, 2.05) is 0 Å². The number of carbonyl (C=O) groups excluding carboxylic acids is 1. The highest BCUT2D eigenvalue weighted by molar-refractivity contribution is 6.32. The van der Waals surface area contributed by atoms with Gasteiger partial charge in [0.25, 0.3) is 0 Å². The van der Waals surface area contributed by atoms with Crippen LogP contribution in [0.2, 0.25) is 5.15 Å². The second-order valence-corrected chi connectivity index (χ2v) is 3.87. The zero-order chi connectivity index (χ0) is 12.8. The van der Waals surface area contributed by atoms with Crippen molar-refractivity contribution in [3.05, 3.63) is 29.2 Å². The zero-order valence-electron chi connectivity index (χ0n) is 9.43. The molecule has 18 heavy (non-hydrogen) atoms. The molecule has 2 aromatic rings. The average Bonchev–Trinajstić information content (AvgIpc) is 2.88. The van der Waals surface area contributed by atoms with Gasteiger partial charge in [-0.05, 0) is 6.42 Å². The minimum atomic E-state index is 0.151. The Morgan fingerprint density at radius 3 is 2.94 bits per heavy atom. The lowest BCUT2D eigenvalue weighted by molar-refractivity contribution is 0.112. The van der Waals surface area contributed by atoms with E-state index in [0.29, 0.717) is 18.6 Å². The third-order valence-electron chi connectivity index (χ3n) is 2.30. The maximum Gasteiger partial charge on any atom is 0.156 e. The number of anilines is 1. The Balaban J connectivity index is 1.86. The van der Waals surface area contributed by atoms with Crippen molar-refractivity contribution in [3.8, 4) is 0 Å². The standard InChI is InChI=1S/C10H11ClN6O/c11-9-7(4-18)10(15-5-14-9)12-3-1-2-8-13-6-16-17-8/h4-6H,1-3H2,(H,12,14,15)(H,13,16,17). The number of halogens is 1. The first-order valence-corrected chi connectivity index (χ1v) is 5.73. The highest BCUT2D eigenvalue weighted by Crippen LogP contribution is 2.16. The molecule has 2 heterocycles. The summed E-state index contributed by atoms with van der Waals surface area (Å²) in [6.45, 7) is 0.648. The monoisotopic (exact) mass is 266 g/mol. The van der Waals surface area contributed by atoms with Crippen LogP contribution in [0.1, 0.15) is 22.6 Å². The summed E-state index contributed by atoms with van der Waals surface area (Å²) in [5, 5.41) is 9.72. The van der Waals surface area contributed by atoms with Gasteiger partial charge in [-0.15, -0.1) is 0 Å². The molecule has 0 saturated heterocycles. The molecule has 0 unspecified atom stereocenters. The van der Waals surface area contributed by atoms with Gasteiger partial charge in [0.15, 0.2) is 6.29 Å². The lowest BCUT2D eigenvalue weighted by Gasteiger charge is -2.07. The second kappa shape index (κ2) is 6.06. The Kier molecular flexibility index (Phi) is 4.19. The third kappa shape index (κ3) is 3.01. The van der Waals surface area contributed by atoms with E-state index in [9.17, 15) is 4.79 Å². The van der Waals surface area contributed by atoms with Gasteiger partial charge in [-0.2, -0.15) is 5.10 Å². The smallest absolute Gasteiger partial charge is 0.156 e. The topological polar surface area (TPSA) is 96.5 Å². The Hall–Kier alpha value is -2.02. The van der Waals surface area contributed by atoms with E-state index in [1.54, 1.807) is 0 Å². The van der Waals surface area contributed by atoms with Crippen molar-refractivity contribution in [2.45, 2.75) is 12.8 Å². The van der Waals surface area contributed by atoms with Crippen LogP contribution in [-0.2, 0) is 6.42 Å². The number of rotatable bonds is 6. The van der Waals surface area contributed by atoms with Crippen molar-refractivity contribution in [1.82, 2.24) is 25.1 Å². The maximum absolute atomic E-state index is 10.8. The van der Waals surface area contributed by atoms with E-state index in [-0.39, 0.29) is 10.7 Å². The number of aromatic nitrogens is 5. The summed E-state index contributed by atoms with van der Waals surface area (Å²) >= 11 is 5.78. The Morgan fingerprint density at radius 1 is 1.33 bits per heavy atom. The van der Waals surface area contributed by atoms with Gasteiger partial charge in [0.2, 0.25) is 0 Å². The fourth-order valence-corrected chi connectivity index (χ4v) is 1.61. The molecule has 0 saturated carbocycles. The van der Waals surface area contributed by atoms with Gasteiger partial charge in [0.1, 0.15) is 29.5 Å². The summed E-state index contributed by atoms with van der Waals surface area (Å²) in [5.74, 6) is 1.27. The molecule has 0 aromatic carbocycles. The van der Waals surface area contributed by atoms with Crippen LogP contribution in [-0.4, -0.2) is 38.0 Å². The van der Waals surface area contributed by atoms with E-state index >= 15 is 0 Å². The molecular formula is C10H11ClN6O. The lowest BCUT2D eigenvalue weighted by Crippen LogP contribution is -2.08. The fourth-order valence-electron chi connectivity index (χ4n) is 1.43. The van der Waals surface area contributed by atoms with Gasteiger partial charge in [-0.1, -0.05) is 11.6 Å². The zero-order valence-corrected chi connectivity index (χ0v) is 10.2. The van der Waals surface area contributed by atoms with Crippen molar-refractivity contribution in [2.75, 3.05) is 11.9 Å². The molecule has 0 fully saturated rings. The first-order valence-electron chi connectivity index (χ1n) is 5.35. The molecule has 2 aromatic heterocycles. The molecule has 0 aliphatic rings. The molecule has 0 aliphatic heterocycles. The van der Waals surface area contributed by atoms with Crippen LogP contribution >= 0.6 is 11.6 Å². The van der Waals surface area contributed by atoms with Crippen LogP contribution in [0.25, 0.3) is 0 Å². The second-order valence-electron chi connectivity index (χ2n) is 3.51. The molecule has 2 N–H and O–H groups in total. The predicted octanol–water partition coefficient (Wildman–Crippen LogP) is 1.11. The highest BCUT2D eigenvalue weighted by Gasteiger charge is 2.08. The van der Waals surface area contributed by atoms with Crippen molar-refractivity contribution >= 4 is 23.7 Å².